The number of aliphatic carboxylic acids is 1. The van der Waals surface area contributed by atoms with Crippen molar-refractivity contribution in [1.29, 1.82) is 0 Å². The molecule has 6 aromatic rings. The number of anilines is 5. The zero-order chi connectivity index (χ0) is 40.6. The van der Waals surface area contributed by atoms with E-state index in [1.165, 1.54) is 36.3 Å². The summed E-state index contributed by atoms with van der Waals surface area (Å²) in [5.41, 5.74) is 4.35. The number of carboxylic acid groups (broad SMARTS) is 1. The van der Waals surface area contributed by atoms with Crippen LogP contribution in [0.4, 0.5) is 28.3 Å². The van der Waals surface area contributed by atoms with Crippen molar-refractivity contribution in [3.05, 3.63) is 89.9 Å². The number of hydrogen-bond donors (Lipinski definition) is 3. The van der Waals surface area contributed by atoms with Crippen LogP contribution in [-0.2, 0) is 21.4 Å². The molecule has 1 aliphatic carbocycles. The third-order valence-electron chi connectivity index (χ3n) is 11.2. The number of benzene rings is 2. The summed E-state index contributed by atoms with van der Waals surface area (Å²) in [4.78, 5) is 38.6. The number of carbonyl (C=O) groups is 2. The van der Waals surface area contributed by atoms with E-state index in [1.54, 1.807) is 42.4 Å². The standard InChI is InChI=1S/C41H44N10O5S2/c1-25-22-36(46-47-38(25)45-41-43-33-10-6-7-11-34(33)57-41)49(3)35-17-16-31(32-23-42-51(26(32)2)24-27-8-4-5-9-27)37(44-35)39(52)48-58(55,56)30-14-12-29(13-15-30)50-20-18-28(19-21-50)40(53)54/h6-7,10-17,22-23,27-28H,4-5,8-9,18-21,24H2,1-3H3,(H,48,52)(H,53,54)(H,43,45,47). The van der Waals surface area contributed by atoms with Gasteiger partial charge in [-0.3, -0.25) is 14.3 Å². The van der Waals surface area contributed by atoms with E-state index >= 15 is 0 Å². The molecule has 17 heteroatoms. The van der Waals surface area contributed by atoms with Gasteiger partial charge in [-0.15, -0.1) is 10.2 Å². The lowest BCUT2D eigenvalue weighted by molar-refractivity contribution is -0.142. The second-order valence-corrected chi connectivity index (χ2v) is 17.7. The molecular weight excluding hydrogens is 777 g/mol. The summed E-state index contributed by atoms with van der Waals surface area (Å²) in [5.74, 6) is -0.199. The molecule has 5 heterocycles. The Hall–Kier alpha value is -5.94. The number of nitrogens with one attached hydrogen (secondary N) is 2. The average molecular weight is 821 g/mol. The summed E-state index contributed by atoms with van der Waals surface area (Å²) >= 11 is 1.52. The van der Waals surface area contributed by atoms with Crippen molar-refractivity contribution in [3.63, 3.8) is 0 Å². The van der Waals surface area contributed by atoms with Crippen LogP contribution in [0.15, 0.2) is 77.8 Å². The number of rotatable bonds is 12. The summed E-state index contributed by atoms with van der Waals surface area (Å²) in [6.07, 6.45) is 7.43. The molecule has 2 aromatic carbocycles. The number of piperidine rings is 1. The van der Waals surface area contributed by atoms with Gasteiger partial charge in [-0.05, 0) is 106 Å². The van der Waals surface area contributed by atoms with Crippen LogP contribution < -0.4 is 19.8 Å². The molecule has 0 bridgehead atoms. The molecule has 0 atom stereocenters. The Balaban J connectivity index is 1.06. The van der Waals surface area contributed by atoms with Crippen LogP contribution in [0.2, 0.25) is 0 Å². The van der Waals surface area contributed by atoms with E-state index in [0.717, 1.165) is 46.5 Å². The predicted molar refractivity (Wildman–Crippen MR) is 224 cm³/mol. The van der Waals surface area contributed by atoms with Crippen LogP contribution in [0.1, 0.15) is 60.3 Å². The van der Waals surface area contributed by atoms with Crippen molar-refractivity contribution >= 4 is 71.7 Å². The number of nitrogens with zero attached hydrogens (tertiary/aromatic N) is 8. The van der Waals surface area contributed by atoms with E-state index in [1.807, 2.05) is 53.8 Å². The number of carbonyl (C=O) groups excluding carboxylic acids is 1. The molecule has 8 rings (SSSR count). The zero-order valence-corrected chi connectivity index (χ0v) is 34.1. The lowest BCUT2D eigenvalue weighted by Gasteiger charge is -2.32. The smallest absolute Gasteiger partial charge is 0.306 e. The molecule has 1 aliphatic heterocycles. The molecule has 2 fully saturated rings. The Morgan fingerprint density at radius 1 is 0.914 bits per heavy atom. The Morgan fingerprint density at radius 2 is 1.66 bits per heavy atom. The maximum atomic E-state index is 14.2. The van der Waals surface area contributed by atoms with E-state index in [4.69, 9.17) is 4.98 Å². The Labute approximate surface area is 340 Å². The number of thiazole rings is 1. The van der Waals surface area contributed by atoms with E-state index in [9.17, 15) is 23.1 Å². The highest BCUT2D eigenvalue weighted by Gasteiger charge is 2.28. The molecule has 0 unspecified atom stereocenters. The molecule has 1 saturated heterocycles. The topological polar surface area (TPSA) is 188 Å². The van der Waals surface area contributed by atoms with Crippen LogP contribution in [-0.4, -0.2) is 75.5 Å². The number of para-hydroxylation sites is 1. The number of aromatic nitrogens is 6. The first-order chi connectivity index (χ1) is 27.9. The van der Waals surface area contributed by atoms with Gasteiger partial charge in [-0.1, -0.05) is 36.3 Å². The SMILES string of the molecule is Cc1cc(N(C)c2ccc(-c3cnn(CC4CCCC4)c3C)c(C(=O)NS(=O)(=O)c3ccc(N4CCC(C(=O)O)CC4)cc3)n2)nnc1Nc1nc2ccccc2s1. The number of amides is 1. The quantitative estimate of drug-likeness (QED) is 0.114. The number of carboxylic acids is 1. The van der Waals surface area contributed by atoms with E-state index in [2.05, 4.69) is 30.3 Å². The lowest BCUT2D eigenvalue weighted by Crippen LogP contribution is -2.36. The lowest BCUT2D eigenvalue weighted by atomic mass is 9.97. The van der Waals surface area contributed by atoms with Gasteiger partial charge in [0.1, 0.15) is 11.5 Å². The summed E-state index contributed by atoms with van der Waals surface area (Å²) < 4.78 is 32.7. The molecule has 15 nitrogen and oxygen atoms in total. The molecule has 58 heavy (non-hydrogen) atoms. The highest BCUT2D eigenvalue weighted by molar-refractivity contribution is 7.90. The van der Waals surface area contributed by atoms with Crippen LogP contribution in [0.5, 0.6) is 0 Å². The molecule has 0 radical (unpaired) electrons. The Morgan fingerprint density at radius 3 is 2.36 bits per heavy atom. The number of hydrogen-bond acceptors (Lipinski definition) is 13. The van der Waals surface area contributed by atoms with Crippen molar-refractivity contribution < 1.29 is 23.1 Å². The monoisotopic (exact) mass is 820 g/mol. The number of pyridine rings is 1. The molecule has 0 spiro atoms. The van der Waals surface area contributed by atoms with Crippen molar-refractivity contribution in [2.75, 3.05) is 35.3 Å². The summed E-state index contributed by atoms with van der Waals surface area (Å²) in [6, 6.07) is 19.5. The van der Waals surface area contributed by atoms with Crippen molar-refractivity contribution in [2.24, 2.45) is 11.8 Å². The largest absolute Gasteiger partial charge is 0.481 e. The Kier molecular flexibility index (Phi) is 10.8. The first-order valence-corrected chi connectivity index (χ1v) is 21.6. The van der Waals surface area contributed by atoms with Gasteiger partial charge < -0.3 is 20.2 Å². The minimum atomic E-state index is -4.33. The van der Waals surface area contributed by atoms with Gasteiger partial charge in [0, 0.05) is 49.2 Å². The van der Waals surface area contributed by atoms with E-state index in [-0.39, 0.29) is 16.5 Å². The first-order valence-electron chi connectivity index (χ1n) is 19.3. The Bertz CT molecular complexity index is 2560. The van der Waals surface area contributed by atoms with Crippen molar-refractivity contribution in [3.8, 4) is 11.1 Å². The van der Waals surface area contributed by atoms with Crippen molar-refractivity contribution in [2.45, 2.75) is 63.8 Å². The highest BCUT2D eigenvalue weighted by Crippen LogP contribution is 2.34. The molecule has 1 amide bonds. The molecular formula is C41H44N10O5S2. The van der Waals surface area contributed by atoms with Crippen LogP contribution in [0, 0.1) is 25.7 Å². The van der Waals surface area contributed by atoms with Crippen LogP contribution >= 0.6 is 11.3 Å². The van der Waals surface area contributed by atoms with E-state index in [0.29, 0.717) is 65.6 Å². The van der Waals surface area contributed by atoms with Gasteiger partial charge in [-0.25, -0.2) is 23.1 Å². The molecule has 300 valence electrons. The van der Waals surface area contributed by atoms with Gasteiger partial charge in [-0.2, -0.15) is 5.10 Å². The minimum absolute atomic E-state index is 0.0897. The fraction of sp³-hybridized carbons (Fsp3) is 0.341. The van der Waals surface area contributed by atoms with Gasteiger partial charge in [0.25, 0.3) is 15.9 Å². The maximum absolute atomic E-state index is 14.2. The molecule has 1 saturated carbocycles. The van der Waals surface area contributed by atoms with E-state index < -0.39 is 21.9 Å². The van der Waals surface area contributed by atoms with Gasteiger partial charge >= 0.3 is 5.97 Å². The molecule has 2 aliphatic rings. The number of aryl methyl sites for hydroxylation is 1. The fourth-order valence-corrected chi connectivity index (χ4v) is 9.53. The third-order valence-corrected chi connectivity index (χ3v) is 13.5. The number of sulfonamides is 1. The predicted octanol–water partition coefficient (Wildman–Crippen LogP) is 7.08. The van der Waals surface area contributed by atoms with Gasteiger partial charge in [0.05, 0.1) is 27.2 Å². The first kappa shape index (κ1) is 38.9. The summed E-state index contributed by atoms with van der Waals surface area (Å²) in [5, 5.41) is 26.9. The minimum Gasteiger partial charge on any atom is -0.481 e. The number of fused-ring (bicyclic) bond motifs is 1. The third kappa shape index (κ3) is 8.09. The molecule has 3 N–H and O–H groups in total. The van der Waals surface area contributed by atoms with Gasteiger partial charge in [0.15, 0.2) is 16.8 Å². The normalized spacial score (nSPS) is 15.2. The average Bonchev–Trinajstić information content (AvgIpc) is 3.98. The highest BCUT2D eigenvalue weighted by atomic mass is 32.2. The summed E-state index contributed by atoms with van der Waals surface area (Å²) in [6.45, 7) is 5.72. The second-order valence-electron chi connectivity index (χ2n) is 15.0. The van der Waals surface area contributed by atoms with Crippen LogP contribution in [0.3, 0.4) is 0 Å². The van der Waals surface area contributed by atoms with Gasteiger partial charge in [0.2, 0.25) is 0 Å². The van der Waals surface area contributed by atoms with Crippen LogP contribution in [0.25, 0.3) is 21.3 Å². The second kappa shape index (κ2) is 16.1. The zero-order valence-electron chi connectivity index (χ0n) is 32.4. The maximum Gasteiger partial charge on any atom is 0.306 e. The molecule has 4 aromatic heterocycles. The fourth-order valence-electron chi connectivity index (χ4n) is 7.71. The van der Waals surface area contributed by atoms with Crippen molar-refractivity contribution in [1.82, 2.24) is 34.7 Å². The summed E-state index contributed by atoms with van der Waals surface area (Å²) in [7, 11) is -2.58.